The van der Waals surface area contributed by atoms with Gasteiger partial charge >= 0.3 is 0 Å². The van der Waals surface area contributed by atoms with Crippen molar-refractivity contribution in [1.29, 1.82) is 0 Å². The van der Waals surface area contributed by atoms with Crippen LogP contribution < -0.4 is 0 Å². The first kappa shape index (κ1) is 15.7. The molecule has 3 aromatic rings. The van der Waals surface area contributed by atoms with Gasteiger partial charge in [0.25, 0.3) is 0 Å². The van der Waals surface area contributed by atoms with Crippen molar-refractivity contribution in [3.8, 4) is 11.3 Å². The van der Waals surface area contributed by atoms with Crippen LogP contribution >= 0.6 is 23.2 Å². The van der Waals surface area contributed by atoms with Crippen LogP contribution in [0.1, 0.15) is 22.5 Å². The van der Waals surface area contributed by atoms with Gasteiger partial charge in [-0.05, 0) is 24.3 Å². The first-order valence-corrected chi connectivity index (χ1v) is 7.74. The third-order valence-corrected chi connectivity index (χ3v) is 3.91. The Morgan fingerprint density at radius 3 is 2.65 bits per heavy atom. The summed E-state index contributed by atoms with van der Waals surface area (Å²) < 4.78 is 5.28. The van der Waals surface area contributed by atoms with Crippen LogP contribution in [0.2, 0.25) is 10.2 Å². The normalized spacial score (nSPS) is 10.7. The minimum absolute atomic E-state index is 0.0763. The van der Waals surface area contributed by atoms with Gasteiger partial charge in [-0.2, -0.15) is 0 Å². The number of aryl methyl sites for hydroxylation is 1. The molecule has 0 fully saturated rings. The maximum Gasteiger partial charge on any atom is 0.166 e. The van der Waals surface area contributed by atoms with E-state index in [2.05, 4.69) is 10.1 Å². The number of hydrogen-bond acceptors (Lipinski definition) is 4. The molecule has 4 nitrogen and oxygen atoms in total. The van der Waals surface area contributed by atoms with E-state index in [1.54, 1.807) is 30.5 Å². The average Bonchev–Trinajstić information content (AvgIpc) is 3.03. The molecule has 1 aromatic carbocycles. The predicted molar refractivity (Wildman–Crippen MR) is 88.8 cm³/mol. The van der Waals surface area contributed by atoms with Crippen molar-refractivity contribution in [1.82, 2.24) is 10.1 Å². The zero-order valence-electron chi connectivity index (χ0n) is 12.0. The number of nitrogens with zero attached hydrogens (tertiary/aromatic N) is 2. The van der Waals surface area contributed by atoms with E-state index in [0.29, 0.717) is 28.5 Å². The largest absolute Gasteiger partial charge is 0.361 e. The van der Waals surface area contributed by atoms with Crippen molar-refractivity contribution in [2.45, 2.75) is 12.8 Å². The molecule has 6 heteroatoms. The number of halogens is 2. The molecule has 0 aliphatic rings. The minimum Gasteiger partial charge on any atom is -0.361 e. The van der Waals surface area contributed by atoms with E-state index >= 15 is 0 Å². The van der Waals surface area contributed by atoms with Crippen LogP contribution in [0.4, 0.5) is 0 Å². The topological polar surface area (TPSA) is 56.0 Å². The summed E-state index contributed by atoms with van der Waals surface area (Å²) in [6, 6.07) is 12.5. The number of aromatic nitrogens is 2. The van der Waals surface area contributed by atoms with Crippen molar-refractivity contribution in [2.24, 2.45) is 0 Å². The molecule has 0 N–H and O–H groups in total. The van der Waals surface area contributed by atoms with Crippen LogP contribution in [0.5, 0.6) is 0 Å². The van der Waals surface area contributed by atoms with E-state index in [9.17, 15) is 4.79 Å². The third kappa shape index (κ3) is 3.78. The molecule has 2 aromatic heterocycles. The van der Waals surface area contributed by atoms with Gasteiger partial charge in [-0.15, -0.1) is 0 Å². The van der Waals surface area contributed by atoms with Gasteiger partial charge in [0.1, 0.15) is 16.6 Å². The van der Waals surface area contributed by atoms with Crippen molar-refractivity contribution in [3.05, 3.63) is 70.2 Å². The van der Waals surface area contributed by atoms with E-state index < -0.39 is 0 Å². The van der Waals surface area contributed by atoms with Gasteiger partial charge in [0.2, 0.25) is 0 Å². The van der Waals surface area contributed by atoms with Gasteiger partial charge in [-0.3, -0.25) is 4.79 Å². The average molecular weight is 347 g/mol. The molecule has 0 bridgehead atoms. The quantitative estimate of drug-likeness (QED) is 0.489. The highest BCUT2D eigenvalue weighted by Crippen LogP contribution is 2.22. The lowest BCUT2D eigenvalue weighted by Gasteiger charge is -2.00. The Morgan fingerprint density at radius 1 is 1.13 bits per heavy atom. The zero-order valence-corrected chi connectivity index (χ0v) is 13.5. The van der Waals surface area contributed by atoms with E-state index in [-0.39, 0.29) is 17.4 Å². The Hall–Kier alpha value is -2.17. The fourth-order valence-electron chi connectivity index (χ4n) is 2.15. The lowest BCUT2D eigenvalue weighted by atomic mass is 10.1. The van der Waals surface area contributed by atoms with E-state index in [1.165, 1.54) is 0 Å². The zero-order chi connectivity index (χ0) is 16.2. The molecule has 0 aliphatic heterocycles. The summed E-state index contributed by atoms with van der Waals surface area (Å²) in [5, 5.41) is 4.90. The molecule has 0 radical (unpaired) electrons. The molecular formula is C17H12Cl2N2O2. The Labute approximate surface area is 143 Å². The highest BCUT2D eigenvalue weighted by Gasteiger charge is 2.13. The molecule has 23 heavy (non-hydrogen) atoms. The standard InChI is InChI=1S/C17H12Cl2N2O2/c18-12-5-3-11(4-6-12)15-10-13(23-21-15)7-8-16(22)14-2-1-9-20-17(14)19/h1-6,9-10H,7-8H2. The summed E-state index contributed by atoms with van der Waals surface area (Å²) in [7, 11) is 0. The molecule has 0 aliphatic carbocycles. The molecule has 0 spiro atoms. The summed E-state index contributed by atoms with van der Waals surface area (Å²) in [6.07, 6.45) is 2.28. The van der Waals surface area contributed by atoms with Crippen molar-refractivity contribution >= 4 is 29.0 Å². The Kier molecular flexibility index (Phi) is 4.74. The number of carbonyl (C=O) groups excluding carboxylic acids is 1. The van der Waals surface area contributed by atoms with Crippen LogP contribution in [0.25, 0.3) is 11.3 Å². The second-order valence-corrected chi connectivity index (χ2v) is 5.74. The van der Waals surface area contributed by atoms with Crippen LogP contribution in [-0.2, 0) is 6.42 Å². The maximum atomic E-state index is 12.2. The second-order valence-electron chi connectivity index (χ2n) is 4.95. The molecule has 0 saturated heterocycles. The molecule has 0 saturated carbocycles. The van der Waals surface area contributed by atoms with Crippen LogP contribution in [0.15, 0.2) is 53.2 Å². The van der Waals surface area contributed by atoms with Crippen molar-refractivity contribution in [2.75, 3.05) is 0 Å². The Bertz CT molecular complexity index is 829. The molecule has 0 unspecified atom stereocenters. The smallest absolute Gasteiger partial charge is 0.166 e. The SMILES string of the molecule is O=C(CCc1cc(-c2ccc(Cl)cc2)no1)c1cccnc1Cl. The number of pyridine rings is 1. The van der Waals surface area contributed by atoms with Gasteiger partial charge in [0, 0.05) is 35.7 Å². The van der Waals surface area contributed by atoms with Crippen molar-refractivity contribution in [3.63, 3.8) is 0 Å². The fourth-order valence-corrected chi connectivity index (χ4v) is 2.50. The third-order valence-electron chi connectivity index (χ3n) is 3.36. The Morgan fingerprint density at radius 2 is 1.91 bits per heavy atom. The molecule has 0 amide bonds. The van der Waals surface area contributed by atoms with Gasteiger partial charge in [0.05, 0.1) is 5.56 Å². The number of benzene rings is 1. The number of carbonyl (C=O) groups is 1. The predicted octanol–water partition coefficient (Wildman–Crippen LogP) is 4.86. The highest BCUT2D eigenvalue weighted by atomic mass is 35.5. The molecule has 3 rings (SSSR count). The minimum atomic E-state index is -0.0763. The summed E-state index contributed by atoms with van der Waals surface area (Å²) in [6.45, 7) is 0. The fraction of sp³-hybridized carbons (Fsp3) is 0.118. The molecule has 116 valence electrons. The van der Waals surface area contributed by atoms with Gasteiger partial charge in [-0.1, -0.05) is 40.5 Å². The summed E-state index contributed by atoms with van der Waals surface area (Å²) in [5.74, 6) is 0.566. The maximum absolute atomic E-state index is 12.2. The number of Topliss-reactive ketones (excluding diaryl/α,β-unsaturated/α-hetero) is 1. The van der Waals surface area contributed by atoms with Crippen LogP contribution in [0, 0.1) is 0 Å². The number of rotatable bonds is 5. The lowest BCUT2D eigenvalue weighted by Crippen LogP contribution is -2.02. The molecular weight excluding hydrogens is 335 g/mol. The van der Waals surface area contributed by atoms with Gasteiger partial charge in [0.15, 0.2) is 5.78 Å². The summed E-state index contributed by atoms with van der Waals surface area (Å²) >= 11 is 11.8. The Balaban J connectivity index is 1.67. The first-order valence-electron chi connectivity index (χ1n) is 6.99. The monoisotopic (exact) mass is 346 g/mol. The first-order chi connectivity index (χ1) is 11.1. The van der Waals surface area contributed by atoms with Crippen molar-refractivity contribution < 1.29 is 9.32 Å². The van der Waals surface area contributed by atoms with E-state index in [4.69, 9.17) is 27.7 Å². The summed E-state index contributed by atoms with van der Waals surface area (Å²) in [4.78, 5) is 16.1. The number of hydrogen-bond donors (Lipinski definition) is 0. The second kappa shape index (κ2) is 6.94. The summed E-state index contributed by atoms with van der Waals surface area (Å²) in [5.41, 5.74) is 2.04. The van der Waals surface area contributed by atoms with E-state index in [0.717, 1.165) is 5.56 Å². The highest BCUT2D eigenvalue weighted by molar-refractivity contribution is 6.32. The van der Waals surface area contributed by atoms with Crippen LogP contribution in [0.3, 0.4) is 0 Å². The van der Waals surface area contributed by atoms with E-state index in [1.807, 2.05) is 18.2 Å². The van der Waals surface area contributed by atoms with Gasteiger partial charge < -0.3 is 4.52 Å². The molecule has 2 heterocycles. The van der Waals surface area contributed by atoms with Gasteiger partial charge in [-0.25, -0.2) is 4.98 Å². The number of ketones is 1. The van der Waals surface area contributed by atoms with Crippen LogP contribution in [-0.4, -0.2) is 15.9 Å². The molecule has 0 atom stereocenters. The lowest BCUT2D eigenvalue weighted by molar-refractivity contribution is 0.0980.